The lowest BCUT2D eigenvalue weighted by atomic mass is 9.79. The summed E-state index contributed by atoms with van der Waals surface area (Å²) in [7, 11) is 0. The number of carbonyl (C=O) groups is 4. The van der Waals surface area contributed by atoms with Gasteiger partial charge in [-0.05, 0) is 82.1 Å². The monoisotopic (exact) mass is 476 g/mol. The van der Waals surface area contributed by atoms with Gasteiger partial charge in [0, 0.05) is 11.1 Å². The van der Waals surface area contributed by atoms with E-state index in [1.54, 1.807) is 12.1 Å². The fraction of sp³-hybridized carbons (Fsp3) is 0.448. The molecule has 2 saturated carbocycles. The number of esters is 2. The summed E-state index contributed by atoms with van der Waals surface area (Å²) in [5.41, 5.74) is 4.63. The zero-order valence-electron chi connectivity index (χ0n) is 20.8. The first-order valence-electron chi connectivity index (χ1n) is 12.2. The highest BCUT2D eigenvalue weighted by Gasteiger charge is 2.55. The van der Waals surface area contributed by atoms with Gasteiger partial charge in [0.1, 0.15) is 0 Å². The molecule has 4 rings (SSSR count). The zero-order valence-corrected chi connectivity index (χ0v) is 20.8. The normalized spacial score (nSPS) is 22.6. The lowest BCUT2D eigenvalue weighted by Crippen LogP contribution is -2.38. The smallest absolute Gasteiger partial charge is 0.310 e. The third-order valence-electron chi connectivity index (χ3n) is 7.54. The molecule has 0 heterocycles. The van der Waals surface area contributed by atoms with Crippen LogP contribution in [0.4, 0.5) is 0 Å². The number of rotatable bonds is 8. The van der Waals surface area contributed by atoms with E-state index in [2.05, 4.69) is 0 Å². The first kappa shape index (κ1) is 24.8. The molecule has 4 atom stereocenters. The molecule has 0 aromatic heterocycles. The van der Waals surface area contributed by atoms with Crippen LogP contribution in [0.3, 0.4) is 0 Å². The van der Waals surface area contributed by atoms with E-state index in [4.69, 9.17) is 9.47 Å². The lowest BCUT2D eigenvalue weighted by molar-refractivity contribution is -0.162. The molecule has 6 heteroatoms. The standard InChI is InChI=1S/C29H32O6/c1-16-5-7-18(3)22(11-16)24(30)14-34-28(32)26-20-9-10-21(13-20)27(26)29(33)35-15-25(31)23-12-17(2)6-8-19(23)4/h5-8,11-12,20-21,26-27H,9-10,13-15H2,1-4H3. The summed E-state index contributed by atoms with van der Waals surface area (Å²) in [5, 5.41) is 0. The largest absolute Gasteiger partial charge is 0.457 e. The number of benzene rings is 2. The van der Waals surface area contributed by atoms with E-state index >= 15 is 0 Å². The van der Waals surface area contributed by atoms with Crippen molar-refractivity contribution in [1.29, 1.82) is 0 Å². The Bertz CT molecular complexity index is 1090. The van der Waals surface area contributed by atoms with Crippen molar-refractivity contribution in [3.63, 3.8) is 0 Å². The molecule has 0 radical (unpaired) electrons. The zero-order chi connectivity index (χ0) is 25.3. The molecule has 2 aliphatic carbocycles. The van der Waals surface area contributed by atoms with Crippen molar-refractivity contribution >= 4 is 23.5 Å². The molecule has 6 nitrogen and oxygen atoms in total. The van der Waals surface area contributed by atoms with Crippen LogP contribution in [0.5, 0.6) is 0 Å². The number of hydrogen-bond acceptors (Lipinski definition) is 6. The van der Waals surface area contributed by atoms with Crippen LogP contribution >= 0.6 is 0 Å². The van der Waals surface area contributed by atoms with Crippen LogP contribution in [0, 0.1) is 51.4 Å². The summed E-state index contributed by atoms with van der Waals surface area (Å²) in [5.74, 6) is -2.78. The van der Waals surface area contributed by atoms with Crippen LogP contribution in [-0.4, -0.2) is 36.7 Å². The van der Waals surface area contributed by atoms with Gasteiger partial charge in [0.05, 0.1) is 11.8 Å². The molecule has 35 heavy (non-hydrogen) atoms. The Morgan fingerprint density at radius 1 is 0.686 bits per heavy atom. The summed E-state index contributed by atoms with van der Waals surface area (Å²) >= 11 is 0. The Balaban J connectivity index is 1.39. The Kier molecular flexibility index (Phi) is 7.20. The van der Waals surface area contributed by atoms with E-state index in [1.807, 2.05) is 52.0 Å². The predicted octanol–water partition coefficient (Wildman–Crippen LogP) is 4.73. The SMILES string of the molecule is Cc1ccc(C)c(C(=O)COC(=O)C2C3CCC(C3)C2C(=O)OCC(=O)c2cc(C)ccc2C)c1. The first-order chi connectivity index (χ1) is 16.7. The highest BCUT2D eigenvalue weighted by Crippen LogP contribution is 2.53. The summed E-state index contributed by atoms with van der Waals surface area (Å²) in [6.45, 7) is 6.78. The minimum Gasteiger partial charge on any atom is -0.457 e. The van der Waals surface area contributed by atoms with Gasteiger partial charge in [-0.1, -0.05) is 35.4 Å². The number of fused-ring (bicyclic) bond motifs is 2. The maximum Gasteiger partial charge on any atom is 0.310 e. The van der Waals surface area contributed by atoms with E-state index < -0.39 is 23.8 Å². The number of hydrogen-bond donors (Lipinski definition) is 0. The predicted molar refractivity (Wildman–Crippen MR) is 130 cm³/mol. The lowest BCUT2D eigenvalue weighted by Gasteiger charge is -2.27. The Morgan fingerprint density at radius 3 is 1.49 bits per heavy atom. The molecule has 0 aliphatic heterocycles. The van der Waals surface area contributed by atoms with Crippen LogP contribution in [0.1, 0.15) is 62.2 Å². The second kappa shape index (κ2) is 10.1. The van der Waals surface area contributed by atoms with Crippen molar-refractivity contribution in [2.45, 2.75) is 47.0 Å². The quantitative estimate of drug-likeness (QED) is 0.404. The molecule has 2 bridgehead atoms. The number of carbonyl (C=O) groups excluding carboxylic acids is 4. The number of ether oxygens (including phenoxy) is 2. The molecule has 2 aliphatic rings. The van der Waals surface area contributed by atoms with Crippen LogP contribution in [-0.2, 0) is 19.1 Å². The van der Waals surface area contributed by atoms with Crippen LogP contribution in [0.15, 0.2) is 36.4 Å². The molecule has 2 aromatic rings. The highest BCUT2D eigenvalue weighted by atomic mass is 16.5. The van der Waals surface area contributed by atoms with Crippen LogP contribution < -0.4 is 0 Å². The van der Waals surface area contributed by atoms with Gasteiger partial charge in [-0.15, -0.1) is 0 Å². The number of Topliss-reactive ketones (excluding diaryl/α,β-unsaturated/α-hetero) is 2. The van der Waals surface area contributed by atoms with Gasteiger partial charge in [-0.25, -0.2) is 0 Å². The van der Waals surface area contributed by atoms with Crippen molar-refractivity contribution in [3.8, 4) is 0 Å². The van der Waals surface area contributed by atoms with Crippen molar-refractivity contribution < 1.29 is 28.7 Å². The fourth-order valence-corrected chi connectivity index (χ4v) is 5.66. The van der Waals surface area contributed by atoms with Gasteiger partial charge in [0.2, 0.25) is 11.6 Å². The molecule has 2 aromatic carbocycles. The molecule has 184 valence electrons. The second-order valence-electron chi connectivity index (χ2n) is 10.1. The van der Waals surface area contributed by atoms with Gasteiger partial charge in [-0.3, -0.25) is 19.2 Å². The Hall–Kier alpha value is -3.28. The number of aryl methyl sites for hydroxylation is 4. The van der Waals surface area contributed by atoms with Crippen molar-refractivity contribution in [2.75, 3.05) is 13.2 Å². The minimum absolute atomic E-state index is 0.0376. The van der Waals surface area contributed by atoms with Gasteiger partial charge >= 0.3 is 11.9 Å². The topological polar surface area (TPSA) is 86.7 Å². The highest BCUT2D eigenvalue weighted by molar-refractivity contribution is 6.00. The molecule has 0 N–H and O–H groups in total. The average Bonchev–Trinajstić information content (AvgIpc) is 3.45. The van der Waals surface area contributed by atoms with E-state index in [0.29, 0.717) is 11.1 Å². The molecular formula is C29H32O6. The van der Waals surface area contributed by atoms with Crippen LogP contribution in [0.25, 0.3) is 0 Å². The first-order valence-corrected chi connectivity index (χ1v) is 12.2. The van der Waals surface area contributed by atoms with Crippen molar-refractivity contribution in [1.82, 2.24) is 0 Å². The van der Waals surface area contributed by atoms with Gasteiger partial charge in [0.15, 0.2) is 13.2 Å². The molecule has 2 fully saturated rings. The van der Waals surface area contributed by atoms with Gasteiger partial charge in [-0.2, -0.15) is 0 Å². The number of ketones is 2. The Morgan fingerprint density at radius 2 is 1.09 bits per heavy atom. The fourth-order valence-electron chi connectivity index (χ4n) is 5.66. The van der Waals surface area contributed by atoms with Gasteiger partial charge in [0.25, 0.3) is 0 Å². The van der Waals surface area contributed by atoms with E-state index in [1.165, 1.54) is 0 Å². The van der Waals surface area contributed by atoms with Crippen molar-refractivity contribution in [3.05, 3.63) is 69.8 Å². The maximum absolute atomic E-state index is 13.0. The minimum atomic E-state index is -0.636. The molecule has 0 saturated heterocycles. The van der Waals surface area contributed by atoms with Gasteiger partial charge < -0.3 is 9.47 Å². The van der Waals surface area contributed by atoms with E-state index in [9.17, 15) is 19.2 Å². The molecule has 4 unspecified atom stereocenters. The molecule has 0 spiro atoms. The third kappa shape index (κ3) is 5.21. The van der Waals surface area contributed by atoms with Crippen molar-refractivity contribution in [2.24, 2.45) is 23.7 Å². The Labute approximate surface area is 206 Å². The summed E-state index contributed by atoms with van der Waals surface area (Å²) in [4.78, 5) is 51.4. The molecular weight excluding hydrogens is 444 g/mol. The van der Waals surface area contributed by atoms with Crippen LogP contribution in [0.2, 0.25) is 0 Å². The molecule has 0 amide bonds. The second-order valence-corrected chi connectivity index (χ2v) is 10.1. The summed E-state index contributed by atoms with van der Waals surface area (Å²) in [6, 6.07) is 11.2. The summed E-state index contributed by atoms with van der Waals surface area (Å²) < 4.78 is 10.9. The third-order valence-corrected chi connectivity index (χ3v) is 7.54. The van der Waals surface area contributed by atoms with E-state index in [0.717, 1.165) is 41.5 Å². The average molecular weight is 477 g/mol. The maximum atomic E-state index is 13.0. The van der Waals surface area contributed by atoms with E-state index in [-0.39, 0.29) is 36.6 Å². The summed E-state index contributed by atoms with van der Waals surface area (Å²) in [6.07, 6.45) is 2.45.